The SMILES string of the molecule is CCCCCC(SCCCCCCC(F)F)C(=O)OCCCC. The smallest absolute Gasteiger partial charge is 0.319 e. The molecule has 0 saturated carbocycles. The molecule has 1 atom stereocenters. The molecule has 0 bridgehead atoms. The summed E-state index contributed by atoms with van der Waals surface area (Å²) in [5, 5.41) is -0.0560. The van der Waals surface area contributed by atoms with Crippen LogP contribution < -0.4 is 0 Å². The Labute approximate surface area is 145 Å². The Balaban J connectivity index is 3.88. The van der Waals surface area contributed by atoms with Crippen LogP contribution in [0.25, 0.3) is 0 Å². The maximum absolute atomic E-state index is 12.1. The zero-order valence-corrected chi connectivity index (χ0v) is 15.6. The van der Waals surface area contributed by atoms with E-state index in [0.29, 0.717) is 13.0 Å². The normalized spacial score (nSPS) is 12.6. The topological polar surface area (TPSA) is 26.3 Å². The lowest BCUT2D eigenvalue weighted by Gasteiger charge is -2.15. The van der Waals surface area contributed by atoms with Crippen LogP contribution in [0.2, 0.25) is 0 Å². The number of esters is 1. The summed E-state index contributed by atoms with van der Waals surface area (Å²) in [6.07, 6.45) is 7.42. The van der Waals surface area contributed by atoms with Gasteiger partial charge in [0.15, 0.2) is 0 Å². The van der Waals surface area contributed by atoms with Crippen molar-refractivity contribution in [2.75, 3.05) is 12.4 Å². The predicted molar refractivity (Wildman–Crippen MR) is 95.3 cm³/mol. The molecule has 138 valence electrons. The van der Waals surface area contributed by atoms with Crippen molar-refractivity contribution in [2.24, 2.45) is 0 Å². The monoisotopic (exact) mass is 352 g/mol. The number of carbonyl (C=O) groups excluding carboxylic acids is 1. The number of thioether (sulfide) groups is 1. The molecule has 0 aromatic heterocycles. The highest BCUT2D eigenvalue weighted by Crippen LogP contribution is 2.22. The zero-order chi connectivity index (χ0) is 17.3. The number of unbranched alkanes of at least 4 members (excludes halogenated alkanes) is 6. The molecule has 0 aromatic carbocycles. The van der Waals surface area contributed by atoms with E-state index in [1.807, 2.05) is 0 Å². The van der Waals surface area contributed by atoms with Gasteiger partial charge in [-0.15, -0.1) is 11.8 Å². The number of rotatable bonds is 16. The molecule has 0 spiro atoms. The number of hydrogen-bond acceptors (Lipinski definition) is 3. The number of hydrogen-bond donors (Lipinski definition) is 0. The summed E-state index contributed by atoms with van der Waals surface area (Å²) >= 11 is 1.68. The van der Waals surface area contributed by atoms with Gasteiger partial charge in [-0.3, -0.25) is 4.79 Å². The van der Waals surface area contributed by atoms with Crippen LogP contribution in [0.3, 0.4) is 0 Å². The molecule has 0 saturated heterocycles. The molecule has 0 heterocycles. The van der Waals surface area contributed by atoms with Crippen molar-refractivity contribution < 1.29 is 18.3 Å². The minimum atomic E-state index is -2.18. The van der Waals surface area contributed by atoms with Crippen molar-refractivity contribution in [3.05, 3.63) is 0 Å². The number of halogens is 2. The van der Waals surface area contributed by atoms with Gasteiger partial charge in [0.1, 0.15) is 5.25 Å². The minimum Gasteiger partial charge on any atom is -0.465 e. The van der Waals surface area contributed by atoms with Crippen molar-refractivity contribution in [1.82, 2.24) is 0 Å². The van der Waals surface area contributed by atoms with E-state index in [1.165, 1.54) is 0 Å². The van der Waals surface area contributed by atoms with Crippen LogP contribution >= 0.6 is 11.8 Å². The lowest BCUT2D eigenvalue weighted by molar-refractivity contribution is -0.143. The summed E-state index contributed by atoms with van der Waals surface area (Å²) in [7, 11) is 0. The van der Waals surface area contributed by atoms with E-state index < -0.39 is 6.43 Å². The molecular formula is C18H34F2O2S. The molecule has 23 heavy (non-hydrogen) atoms. The second kappa shape index (κ2) is 16.5. The third kappa shape index (κ3) is 15.0. The van der Waals surface area contributed by atoms with Gasteiger partial charge in [0.2, 0.25) is 6.43 Å². The highest BCUT2D eigenvalue weighted by Gasteiger charge is 2.19. The number of carbonyl (C=O) groups is 1. The van der Waals surface area contributed by atoms with Gasteiger partial charge < -0.3 is 4.74 Å². The summed E-state index contributed by atoms with van der Waals surface area (Å²) in [4.78, 5) is 12.1. The molecule has 0 rings (SSSR count). The van der Waals surface area contributed by atoms with Gasteiger partial charge in [0.05, 0.1) is 6.61 Å². The number of alkyl halides is 2. The molecule has 0 radical (unpaired) electrons. The van der Waals surface area contributed by atoms with E-state index in [-0.39, 0.29) is 17.6 Å². The maximum atomic E-state index is 12.1. The fourth-order valence-electron chi connectivity index (χ4n) is 2.24. The first-order chi connectivity index (χ1) is 11.1. The Morgan fingerprint density at radius 3 is 2.22 bits per heavy atom. The first kappa shape index (κ1) is 22.7. The molecule has 1 unspecified atom stereocenters. The Morgan fingerprint density at radius 2 is 1.57 bits per heavy atom. The average molecular weight is 353 g/mol. The van der Waals surface area contributed by atoms with Crippen molar-refractivity contribution in [3.63, 3.8) is 0 Å². The standard InChI is InChI=1S/C18H34F2O2S/c1-3-5-9-12-16(18(21)22-14-6-4-2)23-15-11-8-7-10-13-17(19)20/h16-17H,3-15H2,1-2H3. The lowest BCUT2D eigenvalue weighted by atomic mass is 10.1. The van der Waals surface area contributed by atoms with Crippen molar-refractivity contribution in [1.29, 1.82) is 0 Å². The first-order valence-corrected chi connectivity index (χ1v) is 10.2. The zero-order valence-electron chi connectivity index (χ0n) is 14.8. The van der Waals surface area contributed by atoms with Crippen molar-refractivity contribution >= 4 is 17.7 Å². The third-order valence-electron chi connectivity index (χ3n) is 3.71. The summed E-state index contributed by atoms with van der Waals surface area (Å²) < 4.78 is 29.4. The van der Waals surface area contributed by atoms with E-state index in [2.05, 4.69) is 13.8 Å². The largest absolute Gasteiger partial charge is 0.465 e. The Morgan fingerprint density at radius 1 is 0.913 bits per heavy atom. The second-order valence-electron chi connectivity index (χ2n) is 5.97. The van der Waals surface area contributed by atoms with Crippen LogP contribution in [0.4, 0.5) is 8.78 Å². The van der Waals surface area contributed by atoms with Gasteiger partial charge in [0.25, 0.3) is 0 Å². The highest BCUT2D eigenvalue weighted by molar-refractivity contribution is 8.00. The van der Waals surface area contributed by atoms with E-state index in [0.717, 1.165) is 63.5 Å². The molecular weight excluding hydrogens is 318 g/mol. The predicted octanol–water partition coefficient (Wildman–Crippen LogP) is 6.23. The van der Waals surface area contributed by atoms with Gasteiger partial charge in [-0.1, -0.05) is 52.4 Å². The first-order valence-electron chi connectivity index (χ1n) is 9.18. The second-order valence-corrected chi connectivity index (χ2v) is 7.28. The van der Waals surface area contributed by atoms with E-state index in [1.54, 1.807) is 11.8 Å². The van der Waals surface area contributed by atoms with Gasteiger partial charge in [-0.2, -0.15) is 0 Å². The molecule has 0 amide bonds. The molecule has 0 aliphatic carbocycles. The van der Waals surface area contributed by atoms with Crippen molar-refractivity contribution in [3.8, 4) is 0 Å². The fraction of sp³-hybridized carbons (Fsp3) is 0.944. The third-order valence-corrected chi connectivity index (χ3v) is 5.07. The van der Waals surface area contributed by atoms with Crippen LogP contribution in [0.5, 0.6) is 0 Å². The summed E-state index contributed by atoms with van der Waals surface area (Å²) in [6, 6.07) is 0. The van der Waals surface area contributed by atoms with Gasteiger partial charge in [-0.25, -0.2) is 8.78 Å². The molecule has 5 heteroatoms. The molecule has 0 fully saturated rings. The highest BCUT2D eigenvalue weighted by atomic mass is 32.2. The summed E-state index contributed by atoms with van der Waals surface area (Å²) in [5.41, 5.74) is 0. The van der Waals surface area contributed by atoms with E-state index in [4.69, 9.17) is 4.74 Å². The van der Waals surface area contributed by atoms with Gasteiger partial charge >= 0.3 is 5.97 Å². The van der Waals surface area contributed by atoms with Gasteiger partial charge in [-0.05, 0) is 31.4 Å². The Hall–Kier alpha value is -0.320. The number of ether oxygens (including phenoxy) is 1. The molecule has 0 aromatic rings. The lowest BCUT2D eigenvalue weighted by Crippen LogP contribution is -2.21. The molecule has 2 nitrogen and oxygen atoms in total. The summed E-state index contributed by atoms with van der Waals surface area (Å²) in [5.74, 6) is 0.839. The Kier molecular flexibility index (Phi) is 16.3. The molecule has 0 N–H and O–H groups in total. The minimum absolute atomic E-state index is 0.0105. The van der Waals surface area contributed by atoms with Crippen LogP contribution in [-0.4, -0.2) is 30.0 Å². The fourth-order valence-corrected chi connectivity index (χ4v) is 3.43. The van der Waals surface area contributed by atoms with Gasteiger partial charge in [0, 0.05) is 6.42 Å². The van der Waals surface area contributed by atoms with Crippen molar-refractivity contribution in [2.45, 2.75) is 96.2 Å². The van der Waals surface area contributed by atoms with E-state index >= 15 is 0 Å². The Bertz CT molecular complexity index is 276. The van der Waals surface area contributed by atoms with Crippen LogP contribution in [-0.2, 0) is 9.53 Å². The maximum Gasteiger partial charge on any atom is 0.319 e. The van der Waals surface area contributed by atoms with E-state index in [9.17, 15) is 13.6 Å². The molecule has 0 aliphatic heterocycles. The van der Waals surface area contributed by atoms with Crippen LogP contribution in [0.15, 0.2) is 0 Å². The molecule has 0 aliphatic rings. The van der Waals surface area contributed by atoms with Crippen LogP contribution in [0.1, 0.15) is 84.5 Å². The van der Waals surface area contributed by atoms with Crippen LogP contribution in [0, 0.1) is 0 Å². The summed E-state index contributed by atoms with van der Waals surface area (Å²) in [6.45, 7) is 4.75. The average Bonchev–Trinajstić information content (AvgIpc) is 2.52. The quantitative estimate of drug-likeness (QED) is 0.243.